The average molecular weight is 339 g/mol. The standard InChI is InChI=1S/C14H17N3O5S/c1-9(13-7-8-22-14(13)19)16-17-23(20,21)12-5-3-11(4-6-12)15-10(2)18/h3-6,13,17H,7-8H2,1-2H3,(H,15,18)/b16-9-/t13-/m0/s1. The summed E-state index contributed by atoms with van der Waals surface area (Å²) >= 11 is 0. The normalized spacial score (nSPS) is 18.4. The van der Waals surface area contributed by atoms with Crippen LogP contribution >= 0.6 is 0 Å². The van der Waals surface area contributed by atoms with Crippen LogP contribution in [-0.2, 0) is 24.3 Å². The molecule has 124 valence electrons. The highest BCUT2D eigenvalue weighted by atomic mass is 32.2. The number of nitrogens with one attached hydrogen (secondary N) is 2. The van der Waals surface area contributed by atoms with Gasteiger partial charge in [0.2, 0.25) is 5.91 Å². The Morgan fingerprint density at radius 2 is 1.91 bits per heavy atom. The van der Waals surface area contributed by atoms with Crippen molar-refractivity contribution in [3.05, 3.63) is 24.3 Å². The largest absolute Gasteiger partial charge is 0.465 e. The molecule has 1 amide bonds. The van der Waals surface area contributed by atoms with Crippen molar-refractivity contribution in [2.45, 2.75) is 25.2 Å². The van der Waals surface area contributed by atoms with Crippen LogP contribution in [0.2, 0.25) is 0 Å². The second-order valence-electron chi connectivity index (χ2n) is 5.06. The lowest BCUT2D eigenvalue weighted by Gasteiger charge is -2.08. The monoisotopic (exact) mass is 339 g/mol. The summed E-state index contributed by atoms with van der Waals surface area (Å²) in [6, 6.07) is 5.65. The Balaban J connectivity index is 2.09. The van der Waals surface area contributed by atoms with E-state index in [4.69, 9.17) is 4.74 Å². The van der Waals surface area contributed by atoms with E-state index in [0.717, 1.165) is 0 Å². The van der Waals surface area contributed by atoms with Gasteiger partial charge in [-0.05, 0) is 31.2 Å². The second kappa shape index (κ2) is 6.78. The molecule has 0 saturated carbocycles. The van der Waals surface area contributed by atoms with Crippen LogP contribution < -0.4 is 10.1 Å². The number of hydrogen-bond acceptors (Lipinski definition) is 6. The first-order valence-electron chi connectivity index (χ1n) is 6.90. The number of sulfonamides is 1. The smallest absolute Gasteiger partial charge is 0.314 e. The van der Waals surface area contributed by atoms with Crippen LogP contribution in [0.5, 0.6) is 0 Å². The Labute approximate surface area is 134 Å². The molecule has 9 heteroatoms. The van der Waals surface area contributed by atoms with E-state index in [9.17, 15) is 18.0 Å². The molecule has 0 radical (unpaired) electrons. The minimum absolute atomic E-state index is 0.00264. The molecule has 1 aliphatic rings. The average Bonchev–Trinajstić information content (AvgIpc) is 2.91. The van der Waals surface area contributed by atoms with E-state index in [0.29, 0.717) is 24.4 Å². The van der Waals surface area contributed by atoms with Crippen LogP contribution in [0.4, 0.5) is 5.69 Å². The first kappa shape index (κ1) is 16.9. The summed E-state index contributed by atoms with van der Waals surface area (Å²) < 4.78 is 29.1. The molecule has 0 unspecified atom stereocenters. The molecule has 8 nitrogen and oxygen atoms in total. The quantitative estimate of drug-likeness (QED) is 0.469. The van der Waals surface area contributed by atoms with Crippen molar-refractivity contribution in [3.8, 4) is 0 Å². The van der Waals surface area contributed by atoms with Crippen LogP contribution in [0.1, 0.15) is 20.3 Å². The van der Waals surface area contributed by atoms with Gasteiger partial charge in [0, 0.05) is 19.0 Å². The zero-order valence-corrected chi connectivity index (χ0v) is 13.5. The number of anilines is 1. The molecule has 1 saturated heterocycles. The lowest BCUT2D eigenvalue weighted by molar-refractivity contribution is -0.139. The van der Waals surface area contributed by atoms with Crippen molar-refractivity contribution >= 4 is 33.3 Å². The number of carbonyl (C=O) groups is 2. The van der Waals surface area contributed by atoms with Gasteiger partial charge in [-0.1, -0.05) is 0 Å². The fraction of sp³-hybridized carbons (Fsp3) is 0.357. The summed E-state index contributed by atoms with van der Waals surface area (Å²) in [5.41, 5.74) is 0.843. The highest BCUT2D eigenvalue weighted by Gasteiger charge is 2.29. The van der Waals surface area contributed by atoms with Gasteiger partial charge in [0.1, 0.15) is 0 Å². The molecule has 1 atom stereocenters. The van der Waals surface area contributed by atoms with Gasteiger partial charge in [0.15, 0.2) is 0 Å². The minimum atomic E-state index is -3.85. The third kappa shape index (κ3) is 4.28. The van der Waals surface area contributed by atoms with Gasteiger partial charge in [0.05, 0.1) is 23.1 Å². The van der Waals surface area contributed by atoms with Crippen LogP contribution in [-0.4, -0.2) is 32.6 Å². The molecule has 1 aromatic rings. The summed E-state index contributed by atoms with van der Waals surface area (Å²) in [5.74, 6) is -1.16. The van der Waals surface area contributed by atoms with E-state index in [1.54, 1.807) is 6.92 Å². The maximum absolute atomic E-state index is 12.1. The maximum atomic E-state index is 12.1. The summed E-state index contributed by atoms with van der Waals surface area (Å²) in [7, 11) is -3.85. The molecule has 0 bridgehead atoms. The molecule has 0 aliphatic carbocycles. The molecular weight excluding hydrogens is 322 g/mol. The summed E-state index contributed by atoms with van der Waals surface area (Å²) in [4.78, 5) is 24.4. The summed E-state index contributed by atoms with van der Waals surface area (Å²) in [6.45, 7) is 3.24. The lowest BCUT2D eigenvalue weighted by Crippen LogP contribution is -2.24. The predicted molar refractivity (Wildman–Crippen MR) is 83.2 cm³/mol. The third-order valence-corrected chi connectivity index (χ3v) is 4.49. The number of hydrazone groups is 1. The molecule has 1 aliphatic heterocycles. The van der Waals surface area contributed by atoms with Gasteiger partial charge >= 0.3 is 5.97 Å². The number of hydrogen-bond donors (Lipinski definition) is 2. The second-order valence-corrected chi connectivity index (χ2v) is 6.72. The van der Waals surface area contributed by atoms with Gasteiger partial charge in [-0.15, -0.1) is 0 Å². The Morgan fingerprint density at radius 3 is 2.43 bits per heavy atom. The van der Waals surface area contributed by atoms with Crippen molar-refractivity contribution in [2.24, 2.45) is 11.0 Å². The Bertz CT molecular complexity index is 740. The fourth-order valence-electron chi connectivity index (χ4n) is 2.06. The van der Waals surface area contributed by atoms with Gasteiger partial charge < -0.3 is 10.1 Å². The van der Waals surface area contributed by atoms with E-state index < -0.39 is 21.9 Å². The van der Waals surface area contributed by atoms with Gasteiger partial charge in [-0.3, -0.25) is 9.59 Å². The molecule has 1 fully saturated rings. The first-order valence-corrected chi connectivity index (χ1v) is 8.38. The number of esters is 1. The zero-order chi connectivity index (χ0) is 17.0. The first-order chi connectivity index (χ1) is 10.8. The maximum Gasteiger partial charge on any atom is 0.314 e. The van der Waals surface area contributed by atoms with Crippen LogP contribution in [0.3, 0.4) is 0 Å². The van der Waals surface area contributed by atoms with Crippen molar-refractivity contribution < 1.29 is 22.7 Å². The van der Waals surface area contributed by atoms with E-state index in [1.165, 1.54) is 31.2 Å². The van der Waals surface area contributed by atoms with Crippen molar-refractivity contribution in [1.82, 2.24) is 4.83 Å². The molecule has 0 spiro atoms. The number of benzene rings is 1. The summed E-state index contributed by atoms with van der Waals surface area (Å²) in [6.07, 6.45) is 0.487. The molecule has 1 heterocycles. The topological polar surface area (TPSA) is 114 Å². The predicted octanol–water partition coefficient (Wildman–Crippen LogP) is 0.862. The molecule has 2 rings (SSSR count). The van der Waals surface area contributed by atoms with Gasteiger partial charge in [-0.25, -0.2) is 4.83 Å². The molecule has 2 N–H and O–H groups in total. The third-order valence-electron chi connectivity index (χ3n) is 3.27. The van der Waals surface area contributed by atoms with Crippen LogP contribution in [0.15, 0.2) is 34.3 Å². The number of rotatable bonds is 5. The van der Waals surface area contributed by atoms with Crippen LogP contribution in [0.25, 0.3) is 0 Å². The van der Waals surface area contributed by atoms with E-state index in [-0.39, 0.29) is 10.8 Å². The number of cyclic esters (lactones) is 1. The van der Waals surface area contributed by atoms with Crippen molar-refractivity contribution in [1.29, 1.82) is 0 Å². The van der Waals surface area contributed by atoms with Crippen LogP contribution in [0, 0.1) is 5.92 Å². The highest BCUT2D eigenvalue weighted by molar-refractivity contribution is 7.89. The fourth-order valence-corrected chi connectivity index (χ4v) is 2.92. The van der Waals surface area contributed by atoms with E-state index in [1.807, 2.05) is 0 Å². The van der Waals surface area contributed by atoms with Crippen molar-refractivity contribution in [3.63, 3.8) is 0 Å². The van der Waals surface area contributed by atoms with Gasteiger partial charge in [0.25, 0.3) is 10.0 Å². The SMILES string of the molecule is CC(=O)Nc1ccc(S(=O)(=O)N/N=C(/C)[C@@H]2CCOC2=O)cc1. The molecular formula is C14H17N3O5S. The molecule has 0 aromatic heterocycles. The Morgan fingerprint density at radius 1 is 1.26 bits per heavy atom. The van der Waals surface area contributed by atoms with Gasteiger partial charge in [-0.2, -0.15) is 13.5 Å². The molecule has 1 aromatic carbocycles. The molecule has 23 heavy (non-hydrogen) atoms. The van der Waals surface area contributed by atoms with Crippen molar-refractivity contribution in [2.75, 3.05) is 11.9 Å². The van der Waals surface area contributed by atoms with E-state index in [2.05, 4.69) is 15.2 Å². The highest BCUT2D eigenvalue weighted by Crippen LogP contribution is 2.17. The number of carbonyl (C=O) groups excluding carboxylic acids is 2. The Kier molecular flexibility index (Phi) is 4.99. The number of amides is 1. The Hall–Kier alpha value is -2.42. The number of ether oxygens (including phenoxy) is 1. The van der Waals surface area contributed by atoms with E-state index >= 15 is 0 Å². The number of nitrogens with zero attached hydrogens (tertiary/aromatic N) is 1. The zero-order valence-electron chi connectivity index (χ0n) is 12.7. The summed E-state index contributed by atoms with van der Waals surface area (Å²) in [5, 5.41) is 6.33. The minimum Gasteiger partial charge on any atom is -0.465 e. The lowest BCUT2D eigenvalue weighted by atomic mass is 10.0.